The molecule has 0 unspecified atom stereocenters. The fourth-order valence-corrected chi connectivity index (χ4v) is 4.51. The van der Waals surface area contributed by atoms with Crippen molar-refractivity contribution in [3.05, 3.63) is 64.7 Å². The molecule has 0 fully saturated rings. The number of sulfonamides is 1. The molecule has 1 heterocycles. The van der Waals surface area contributed by atoms with Gasteiger partial charge in [0.15, 0.2) is 0 Å². The zero-order valence-electron chi connectivity index (χ0n) is 12.7. The molecule has 0 aliphatic heterocycles. The SMILES string of the molecule is Cc1ccccc1CS(=O)(=O)Nc1nnc(-c2ccc(Cl)cc2)s1. The van der Waals surface area contributed by atoms with Gasteiger partial charge in [0.1, 0.15) is 5.01 Å². The molecule has 0 radical (unpaired) electrons. The predicted molar refractivity (Wildman–Crippen MR) is 97.8 cm³/mol. The molecule has 124 valence electrons. The Bertz CT molecular complexity index is 953. The summed E-state index contributed by atoms with van der Waals surface area (Å²) < 4.78 is 27.1. The fraction of sp³-hybridized carbons (Fsp3) is 0.125. The highest BCUT2D eigenvalue weighted by Gasteiger charge is 2.16. The molecule has 0 saturated heterocycles. The van der Waals surface area contributed by atoms with E-state index in [1.165, 1.54) is 11.3 Å². The minimum atomic E-state index is -3.55. The summed E-state index contributed by atoms with van der Waals surface area (Å²) in [7, 11) is -3.55. The van der Waals surface area contributed by atoms with Crippen LogP contribution in [0.3, 0.4) is 0 Å². The van der Waals surface area contributed by atoms with Crippen LogP contribution in [0.2, 0.25) is 5.02 Å². The maximum Gasteiger partial charge on any atom is 0.238 e. The Morgan fingerprint density at radius 2 is 1.79 bits per heavy atom. The van der Waals surface area contributed by atoms with E-state index in [2.05, 4.69) is 14.9 Å². The van der Waals surface area contributed by atoms with Gasteiger partial charge in [0.25, 0.3) is 0 Å². The second-order valence-corrected chi connectivity index (χ2v) is 8.34. The molecule has 0 bridgehead atoms. The molecule has 5 nitrogen and oxygen atoms in total. The molecule has 1 aromatic heterocycles. The number of benzene rings is 2. The highest BCUT2D eigenvalue weighted by atomic mass is 35.5. The van der Waals surface area contributed by atoms with Crippen LogP contribution in [0.15, 0.2) is 48.5 Å². The van der Waals surface area contributed by atoms with E-state index in [1.54, 1.807) is 18.2 Å². The van der Waals surface area contributed by atoms with E-state index in [9.17, 15) is 8.42 Å². The van der Waals surface area contributed by atoms with E-state index in [0.29, 0.717) is 10.0 Å². The van der Waals surface area contributed by atoms with Crippen LogP contribution < -0.4 is 4.72 Å². The number of hydrogen-bond acceptors (Lipinski definition) is 5. The van der Waals surface area contributed by atoms with E-state index in [-0.39, 0.29) is 10.9 Å². The minimum absolute atomic E-state index is 0.102. The van der Waals surface area contributed by atoms with Crippen molar-refractivity contribution in [1.82, 2.24) is 10.2 Å². The molecule has 0 aliphatic carbocycles. The van der Waals surface area contributed by atoms with Crippen LogP contribution in [0.1, 0.15) is 11.1 Å². The maximum absolute atomic E-state index is 12.3. The molecule has 1 N–H and O–H groups in total. The van der Waals surface area contributed by atoms with Crippen molar-refractivity contribution in [2.24, 2.45) is 0 Å². The predicted octanol–water partition coefficient (Wildman–Crippen LogP) is 4.11. The first kappa shape index (κ1) is 16.9. The first-order chi connectivity index (χ1) is 11.4. The van der Waals surface area contributed by atoms with E-state index < -0.39 is 10.0 Å². The quantitative estimate of drug-likeness (QED) is 0.724. The lowest BCUT2D eigenvalue weighted by Gasteiger charge is -2.07. The molecule has 0 saturated carbocycles. The number of aryl methyl sites for hydroxylation is 1. The molecule has 8 heteroatoms. The number of aromatic nitrogens is 2. The molecular formula is C16H14ClN3O2S2. The zero-order valence-corrected chi connectivity index (χ0v) is 15.1. The molecule has 3 aromatic rings. The van der Waals surface area contributed by atoms with Crippen molar-refractivity contribution < 1.29 is 8.42 Å². The molecule has 0 spiro atoms. The summed E-state index contributed by atoms with van der Waals surface area (Å²) in [6, 6.07) is 14.5. The molecule has 0 atom stereocenters. The van der Waals surface area contributed by atoms with Crippen LogP contribution in [-0.2, 0) is 15.8 Å². The van der Waals surface area contributed by atoms with Gasteiger partial charge in [0, 0.05) is 10.6 Å². The number of rotatable bonds is 5. The molecular weight excluding hydrogens is 366 g/mol. The average Bonchev–Trinajstić information content (AvgIpc) is 2.98. The summed E-state index contributed by atoms with van der Waals surface area (Å²) in [6.07, 6.45) is 0. The standard InChI is InChI=1S/C16H14ClN3O2S2/c1-11-4-2-3-5-13(11)10-24(21,22)20-16-19-18-15(23-16)12-6-8-14(17)9-7-12/h2-9H,10H2,1H3,(H,19,20). The maximum atomic E-state index is 12.3. The molecule has 24 heavy (non-hydrogen) atoms. The Hall–Kier alpha value is -1.96. The van der Waals surface area contributed by atoms with Crippen LogP contribution in [0.4, 0.5) is 5.13 Å². The van der Waals surface area contributed by atoms with Crippen molar-refractivity contribution in [1.29, 1.82) is 0 Å². The van der Waals surface area contributed by atoms with Gasteiger partial charge in [-0.2, -0.15) is 0 Å². The average molecular weight is 380 g/mol. The Morgan fingerprint density at radius 3 is 2.50 bits per heavy atom. The second kappa shape index (κ2) is 6.88. The van der Waals surface area contributed by atoms with Crippen LogP contribution >= 0.6 is 22.9 Å². The fourth-order valence-electron chi connectivity index (χ4n) is 2.12. The van der Waals surface area contributed by atoms with Crippen molar-refractivity contribution in [3.8, 4) is 10.6 Å². The molecule has 2 aromatic carbocycles. The third-order valence-electron chi connectivity index (χ3n) is 3.37. The van der Waals surface area contributed by atoms with E-state index in [4.69, 9.17) is 11.6 Å². The lowest BCUT2D eigenvalue weighted by atomic mass is 10.1. The topological polar surface area (TPSA) is 72.0 Å². The van der Waals surface area contributed by atoms with Crippen LogP contribution in [-0.4, -0.2) is 18.6 Å². The third-order valence-corrected chi connectivity index (χ3v) is 5.83. The van der Waals surface area contributed by atoms with Gasteiger partial charge in [0.2, 0.25) is 15.2 Å². The highest BCUT2D eigenvalue weighted by molar-refractivity contribution is 7.92. The van der Waals surface area contributed by atoms with Gasteiger partial charge in [0.05, 0.1) is 5.75 Å². The first-order valence-electron chi connectivity index (χ1n) is 7.07. The Kier molecular flexibility index (Phi) is 4.84. The molecule has 0 aliphatic rings. The third kappa shape index (κ3) is 4.11. The lowest BCUT2D eigenvalue weighted by molar-refractivity contribution is 0.600. The van der Waals surface area contributed by atoms with Gasteiger partial charge < -0.3 is 0 Å². The second-order valence-electron chi connectivity index (χ2n) is 5.21. The van der Waals surface area contributed by atoms with Crippen LogP contribution in [0, 0.1) is 6.92 Å². The Labute approximate surface area is 149 Å². The Morgan fingerprint density at radius 1 is 1.08 bits per heavy atom. The number of nitrogens with one attached hydrogen (secondary N) is 1. The summed E-state index contributed by atoms with van der Waals surface area (Å²) >= 11 is 7.03. The summed E-state index contributed by atoms with van der Waals surface area (Å²) in [5.41, 5.74) is 2.52. The smallest absolute Gasteiger partial charge is 0.238 e. The van der Waals surface area contributed by atoms with Crippen molar-refractivity contribution in [2.75, 3.05) is 4.72 Å². The number of anilines is 1. The van der Waals surface area contributed by atoms with Crippen molar-refractivity contribution in [3.63, 3.8) is 0 Å². The van der Waals surface area contributed by atoms with Gasteiger partial charge in [-0.3, -0.25) is 4.72 Å². The highest BCUT2D eigenvalue weighted by Crippen LogP contribution is 2.28. The summed E-state index contributed by atoms with van der Waals surface area (Å²) in [5, 5.41) is 9.43. The van der Waals surface area contributed by atoms with Gasteiger partial charge >= 0.3 is 0 Å². The van der Waals surface area contributed by atoms with Crippen LogP contribution in [0.25, 0.3) is 10.6 Å². The first-order valence-corrected chi connectivity index (χ1v) is 9.92. The van der Waals surface area contributed by atoms with Gasteiger partial charge in [-0.15, -0.1) is 10.2 Å². The normalized spacial score (nSPS) is 11.4. The Balaban J connectivity index is 1.76. The minimum Gasteiger partial charge on any atom is -0.257 e. The number of hydrogen-bond donors (Lipinski definition) is 1. The summed E-state index contributed by atoms with van der Waals surface area (Å²) in [4.78, 5) is 0. The number of nitrogens with zero attached hydrogens (tertiary/aromatic N) is 2. The van der Waals surface area contributed by atoms with Gasteiger partial charge in [-0.1, -0.05) is 59.3 Å². The lowest BCUT2D eigenvalue weighted by Crippen LogP contribution is -2.15. The monoisotopic (exact) mass is 379 g/mol. The van der Waals surface area contributed by atoms with E-state index in [0.717, 1.165) is 16.7 Å². The zero-order chi connectivity index (χ0) is 17.2. The summed E-state index contributed by atoms with van der Waals surface area (Å²) in [6.45, 7) is 1.88. The van der Waals surface area contributed by atoms with Crippen LogP contribution in [0.5, 0.6) is 0 Å². The van der Waals surface area contributed by atoms with Gasteiger partial charge in [-0.05, 0) is 30.2 Å². The molecule has 0 amide bonds. The molecule has 3 rings (SSSR count). The van der Waals surface area contributed by atoms with E-state index in [1.807, 2.05) is 37.3 Å². The van der Waals surface area contributed by atoms with E-state index >= 15 is 0 Å². The number of halogens is 1. The largest absolute Gasteiger partial charge is 0.257 e. The van der Waals surface area contributed by atoms with Gasteiger partial charge in [-0.25, -0.2) is 8.42 Å². The van der Waals surface area contributed by atoms with Crippen molar-refractivity contribution >= 4 is 38.1 Å². The summed E-state index contributed by atoms with van der Waals surface area (Å²) in [5.74, 6) is -0.102. The van der Waals surface area contributed by atoms with Crippen molar-refractivity contribution in [2.45, 2.75) is 12.7 Å².